The minimum absolute atomic E-state index is 0.0143. The van der Waals surface area contributed by atoms with Crippen LogP contribution in [-0.2, 0) is 20.2 Å². The van der Waals surface area contributed by atoms with Gasteiger partial charge in [-0.3, -0.25) is 4.79 Å². The molecule has 142 valence electrons. The van der Waals surface area contributed by atoms with Crippen LogP contribution in [0.4, 0.5) is 0 Å². The zero-order chi connectivity index (χ0) is 19.0. The lowest BCUT2D eigenvalue weighted by atomic mass is 9.99. The highest BCUT2D eigenvalue weighted by Gasteiger charge is 2.20. The van der Waals surface area contributed by atoms with Crippen LogP contribution in [0, 0.1) is 12.8 Å². The summed E-state index contributed by atoms with van der Waals surface area (Å²) >= 11 is 0. The van der Waals surface area contributed by atoms with E-state index < -0.39 is 0 Å². The predicted molar refractivity (Wildman–Crippen MR) is 107 cm³/mol. The van der Waals surface area contributed by atoms with Crippen LogP contribution in [-0.4, -0.2) is 32.3 Å². The summed E-state index contributed by atoms with van der Waals surface area (Å²) in [6.07, 6.45) is 4.24. The van der Waals surface area contributed by atoms with Crippen LogP contribution < -0.4 is 10.9 Å². The third-order valence-electron chi connectivity index (χ3n) is 5.46. The van der Waals surface area contributed by atoms with Gasteiger partial charge >= 0.3 is 0 Å². The number of pyridine rings is 1. The predicted octanol–water partition coefficient (Wildman–Crippen LogP) is 2.20. The normalized spacial score (nSPS) is 17.5. The first-order valence-electron chi connectivity index (χ1n) is 9.55. The smallest absolute Gasteiger partial charge is 0.253 e. The first kappa shape index (κ1) is 17.9. The van der Waals surface area contributed by atoms with E-state index in [1.165, 1.54) is 12.8 Å². The SMILES string of the molecule is Cc1cc(-c2nc3ccc(CO)cc3n2CC2CCCNC2)cn(C)c1=O. The van der Waals surface area contributed by atoms with Crippen LogP contribution in [0.1, 0.15) is 24.0 Å². The molecule has 0 saturated carbocycles. The van der Waals surface area contributed by atoms with Crippen molar-refractivity contribution >= 4 is 11.0 Å². The van der Waals surface area contributed by atoms with Crippen LogP contribution in [0.3, 0.4) is 0 Å². The molecule has 0 radical (unpaired) electrons. The number of aliphatic hydroxyl groups is 1. The number of nitrogens with one attached hydrogen (secondary N) is 1. The lowest BCUT2D eigenvalue weighted by molar-refractivity contribution is 0.282. The van der Waals surface area contributed by atoms with Gasteiger partial charge in [0.25, 0.3) is 5.56 Å². The fourth-order valence-corrected chi connectivity index (χ4v) is 4.01. The van der Waals surface area contributed by atoms with Gasteiger partial charge in [-0.15, -0.1) is 0 Å². The summed E-state index contributed by atoms with van der Waals surface area (Å²) in [5.41, 5.74) is 4.50. The Morgan fingerprint density at radius 1 is 1.33 bits per heavy atom. The van der Waals surface area contributed by atoms with Crippen molar-refractivity contribution < 1.29 is 5.11 Å². The van der Waals surface area contributed by atoms with E-state index in [9.17, 15) is 9.90 Å². The Hall–Kier alpha value is -2.44. The first-order valence-corrected chi connectivity index (χ1v) is 9.55. The lowest BCUT2D eigenvalue weighted by Gasteiger charge is -2.24. The van der Waals surface area contributed by atoms with E-state index >= 15 is 0 Å². The van der Waals surface area contributed by atoms with Gasteiger partial charge in [0.05, 0.1) is 17.6 Å². The molecule has 6 nitrogen and oxygen atoms in total. The number of benzene rings is 1. The maximum Gasteiger partial charge on any atom is 0.253 e. The van der Waals surface area contributed by atoms with Crippen molar-refractivity contribution in [3.63, 3.8) is 0 Å². The van der Waals surface area contributed by atoms with Crippen molar-refractivity contribution in [2.24, 2.45) is 13.0 Å². The Bertz CT molecular complexity index is 1000. The summed E-state index contributed by atoms with van der Waals surface area (Å²) in [5.74, 6) is 1.42. The number of hydrogen-bond donors (Lipinski definition) is 2. The van der Waals surface area contributed by atoms with Gasteiger partial charge < -0.3 is 19.6 Å². The molecule has 0 amide bonds. The first-order chi connectivity index (χ1) is 13.1. The highest BCUT2D eigenvalue weighted by atomic mass is 16.3. The van der Waals surface area contributed by atoms with E-state index in [4.69, 9.17) is 4.98 Å². The molecule has 0 bridgehead atoms. The Balaban J connectivity index is 1.88. The largest absolute Gasteiger partial charge is 0.392 e. The number of nitrogens with zero attached hydrogens (tertiary/aromatic N) is 3. The maximum atomic E-state index is 12.1. The van der Waals surface area contributed by atoms with Gasteiger partial charge in [0.1, 0.15) is 5.82 Å². The molecule has 2 aromatic heterocycles. The van der Waals surface area contributed by atoms with E-state index in [0.29, 0.717) is 11.5 Å². The number of piperidine rings is 1. The molecule has 3 aromatic rings. The number of imidazole rings is 1. The average molecular weight is 366 g/mol. The van der Waals surface area contributed by atoms with Gasteiger partial charge in [0, 0.05) is 30.9 Å². The number of aromatic nitrogens is 3. The van der Waals surface area contributed by atoms with E-state index in [0.717, 1.165) is 47.6 Å². The summed E-state index contributed by atoms with van der Waals surface area (Å²) in [6.45, 7) is 4.82. The van der Waals surface area contributed by atoms with Crippen LogP contribution >= 0.6 is 0 Å². The highest BCUT2D eigenvalue weighted by Crippen LogP contribution is 2.28. The quantitative estimate of drug-likeness (QED) is 0.743. The van der Waals surface area contributed by atoms with Gasteiger partial charge in [0.15, 0.2) is 0 Å². The summed E-state index contributed by atoms with van der Waals surface area (Å²) in [5, 5.41) is 13.0. The second-order valence-electron chi connectivity index (χ2n) is 7.57. The summed E-state index contributed by atoms with van der Waals surface area (Å²) < 4.78 is 3.88. The third kappa shape index (κ3) is 3.42. The fraction of sp³-hybridized carbons (Fsp3) is 0.429. The topological polar surface area (TPSA) is 72.1 Å². The number of hydrogen-bond acceptors (Lipinski definition) is 4. The van der Waals surface area contributed by atoms with Crippen molar-refractivity contribution in [1.82, 2.24) is 19.4 Å². The van der Waals surface area contributed by atoms with Gasteiger partial charge in [-0.05, 0) is 62.5 Å². The number of fused-ring (bicyclic) bond motifs is 1. The van der Waals surface area contributed by atoms with Crippen LogP contribution in [0.25, 0.3) is 22.4 Å². The average Bonchev–Trinajstić information content (AvgIpc) is 3.04. The second kappa shape index (κ2) is 7.29. The van der Waals surface area contributed by atoms with Gasteiger partial charge in [-0.2, -0.15) is 0 Å². The molecular weight excluding hydrogens is 340 g/mol. The monoisotopic (exact) mass is 366 g/mol. The number of aliphatic hydroxyl groups excluding tert-OH is 1. The van der Waals surface area contributed by atoms with E-state index in [1.54, 1.807) is 11.6 Å². The molecule has 0 spiro atoms. The van der Waals surface area contributed by atoms with E-state index in [1.807, 2.05) is 37.4 Å². The molecule has 1 unspecified atom stereocenters. The molecule has 1 aromatic carbocycles. The van der Waals surface area contributed by atoms with Crippen molar-refractivity contribution in [3.8, 4) is 11.4 Å². The summed E-state index contributed by atoms with van der Waals surface area (Å²) in [6, 6.07) is 7.83. The maximum absolute atomic E-state index is 12.1. The Morgan fingerprint density at radius 3 is 2.89 bits per heavy atom. The molecule has 2 N–H and O–H groups in total. The summed E-state index contributed by atoms with van der Waals surface area (Å²) in [4.78, 5) is 17.0. The van der Waals surface area contributed by atoms with Crippen molar-refractivity contribution in [3.05, 3.63) is 51.9 Å². The van der Waals surface area contributed by atoms with E-state index in [-0.39, 0.29) is 12.2 Å². The molecule has 6 heteroatoms. The second-order valence-corrected chi connectivity index (χ2v) is 7.57. The minimum atomic E-state index is 0.0143. The van der Waals surface area contributed by atoms with E-state index in [2.05, 4.69) is 9.88 Å². The fourth-order valence-electron chi connectivity index (χ4n) is 4.01. The molecule has 4 rings (SSSR count). The van der Waals surface area contributed by atoms with Gasteiger partial charge in [-0.1, -0.05) is 6.07 Å². The molecule has 0 aliphatic carbocycles. The van der Waals surface area contributed by atoms with Crippen molar-refractivity contribution in [2.45, 2.75) is 32.9 Å². The van der Waals surface area contributed by atoms with Crippen LogP contribution in [0.15, 0.2) is 35.3 Å². The standard InChI is InChI=1S/C21H26N4O2/c1-14-8-17(12-24(2)21(14)27)20-23-18-6-5-15(13-26)9-19(18)25(20)11-16-4-3-7-22-10-16/h5-6,8-9,12,16,22,26H,3-4,7,10-11,13H2,1-2H3. The van der Waals surface area contributed by atoms with Crippen molar-refractivity contribution in [2.75, 3.05) is 13.1 Å². The molecule has 1 fully saturated rings. The molecular formula is C21H26N4O2. The molecule has 27 heavy (non-hydrogen) atoms. The number of aryl methyl sites for hydroxylation is 2. The highest BCUT2D eigenvalue weighted by molar-refractivity contribution is 5.81. The summed E-state index contributed by atoms with van der Waals surface area (Å²) in [7, 11) is 1.78. The molecule has 3 heterocycles. The Morgan fingerprint density at radius 2 is 2.19 bits per heavy atom. The lowest BCUT2D eigenvalue weighted by Crippen LogP contribution is -2.32. The van der Waals surface area contributed by atoms with Crippen LogP contribution in [0.5, 0.6) is 0 Å². The van der Waals surface area contributed by atoms with Gasteiger partial charge in [-0.25, -0.2) is 4.98 Å². The third-order valence-corrected chi connectivity index (χ3v) is 5.46. The zero-order valence-corrected chi connectivity index (χ0v) is 15.9. The molecule has 1 saturated heterocycles. The Labute approximate surface area is 158 Å². The molecule has 1 aliphatic heterocycles. The number of rotatable bonds is 4. The Kier molecular flexibility index (Phi) is 4.85. The molecule has 1 atom stereocenters. The van der Waals surface area contributed by atoms with Crippen molar-refractivity contribution in [1.29, 1.82) is 0 Å². The van der Waals surface area contributed by atoms with Gasteiger partial charge in [0.2, 0.25) is 0 Å². The zero-order valence-electron chi connectivity index (χ0n) is 15.9. The minimum Gasteiger partial charge on any atom is -0.392 e. The van der Waals surface area contributed by atoms with Crippen LogP contribution in [0.2, 0.25) is 0 Å². The molecule has 1 aliphatic rings.